The van der Waals surface area contributed by atoms with Gasteiger partial charge in [-0.05, 0) is 83.5 Å². The molecule has 0 aromatic carbocycles. The first-order valence-electron chi connectivity index (χ1n) is 40.8. The molecule has 1 fully saturated rings. The molecule has 0 spiro atoms. The Morgan fingerprint density at radius 3 is 1.03 bits per heavy atom. The van der Waals surface area contributed by atoms with Crippen LogP contribution in [-0.4, -0.2) is 100 Å². The molecule has 1 aliphatic heterocycles. The van der Waals surface area contributed by atoms with Gasteiger partial charge in [0, 0.05) is 12.8 Å². The number of carbonyl (C=O) groups is 2. The number of allylic oxidation sites excluding steroid dienone is 5. The van der Waals surface area contributed by atoms with Gasteiger partial charge in [-0.2, -0.15) is 0 Å². The van der Waals surface area contributed by atoms with E-state index in [4.69, 9.17) is 14.2 Å². The average molecular weight is 1320 g/mol. The van der Waals surface area contributed by atoms with E-state index in [0.717, 1.165) is 57.8 Å². The Kier molecular flexibility index (Phi) is 68.0. The van der Waals surface area contributed by atoms with Crippen LogP contribution >= 0.6 is 0 Å². The van der Waals surface area contributed by atoms with Crippen molar-refractivity contribution in [3.8, 4) is 0 Å². The second kappa shape index (κ2) is 71.2. The third kappa shape index (κ3) is 59.6. The Morgan fingerprint density at radius 1 is 0.387 bits per heavy atom. The summed E-state index contributed by atoms with van der Waals surface area (Å²) in [4.78, 5) is 25.2. The van der Waals surface area contributed by atoms with Crippen LogP contribution in [-0.2, 0) is 23.8 Å². The molecular weight excluding hydrogens is 1160 g/mol. The smallest absolute Gasteiger partial charge is 0.305 e. The molecule has 11 nitrogen and oxygen atoms in total. The zero-order chi connectivity index (χ0) is 67.2. The lowest BCUT2D eigenvalue weighted by molar-refractivity contribution is -0.302. The topological polar surface area (TPSA) is 175 Å². The van der Waals surface area contributed by atoms with E-state index in [9.17, 15) is 35.1 Å². The van der Waals surface area contributed by atoms with Crippen molar-refractivity contribution in [1.29, 1.82) is 0 Å². The molecule has 0 aromatic rings. The SMILES string of the molecule is CCCCCCC/C=C\CCCCCCCC(=O)OCCCCCCCCCCCCCCCCCCCC/C=C\CCCCCCCCCCCCCCCCCCCC(=O)NC(COC1OC(CO)C(O)C(O)C1O)C(O)/C=C/CCCCCCCCCCCC. The molecule has 0 aliphatic carbocycles. The van der Waals surface area contributed by atoms with Crippen LogP contribution < -0.4 is 5.32 Å². The van der Waals surface area contributed by atoms with Crippen LogP contribution in [0.25, 0.3) is 0 Å². The minimum Gasteiger partial charge on any atom is -0.466 e. The summed E-state index contributed by atoms with van der Waals surface area (Å²) in [6.45, 7) is 4.38. The molecule has 0 bridgehead atoms. The highest BCUT2D eigenvalue weighted by Gasteiger charge is 2.44. The number of ether oxygens (including phenoxy) is 3. The number of unbranched alkanes of at least 4 members (excludes halogenated alkanes) is 55. The fourth-order valence-electron chi connectivity index (χ4n) is 13.1. The number of aliphatic hydroxyl groups excluding tert-OH is 5. The molecule has 1 rings (SSSR count). The minimum atomic E-state index is -1.57. The van der Waals surface area contributed by atoms with Gasteiger partial charge < -0.3 is 45.1 Å². The van der Waals surface area contributed by atoms with Gasteiger partial charge in [-0.15, -0.1) is 0 Å². The van der Waals surface area contributed by atoms with Gasteiger partial charge >= 0.3 is 5.97 Å². The van der Waals surface area contributed by atoms with E-state index in [1.54, 1.807) is 6.08 Å². The Morgan fingerprint density at radius 2 is 0.688 bits per heavy atom. The number of amides is 1. The summed E-state index contributed by atoms with van der Waals surface area (Å²) in [6, 6.07) is -0.806. The third-order valence-electron chi connectivity index (χ3n) is 19.5. The van der Waals surface area contributed by atoms with Gasteiger partial charge in [0.25, 0.3) is 0 Å². The van der Waals surface area contributed by atoms with Gasteiger partial charge in [-0.3, -0.25) is 9.59 Å². The first-order valence-corrected chi connectivity index (χ1v) is 40.8. The zero-order valence-electron chi connectivity index (χ0n) is 61.2. The lowest BCUT2D eigenvalue weighted by Crippen LogP contribution is -2.60. The normalized spacial score (nSPS) is 17.6. The van der Waals surface area contributed by atoms with Crippen molar-refractivity contribution in [1.82, 2.24) is 5.32 Å². The molecule has 7 unspecified atom stereocenters. The van der Waals surface area contributed by atoms with Crippen LogP contribution in [0.3, 0.4) is 0 Å². The van der Waals surface area contributed by atoms with E-state index in [2.05, 4.69) is 43.5 Å². The predicted molar refractivity (Wildman–Crippen MR) is 394 cm³/mol. The summed E-state index contributed by atoms with van der Waals surface area (Å²) in [5, 5.41) is 54.5. The molecular formula is C82H155NO10. The van der Waals surface area contributed by atoms with E-state index >= 15 is 0 Å². The highest BCUT2D eigenvalue weighted by molar-refractivity contribution is 5.76. The van der Waals surface area contributed by atoms with Crippen molar-refractivity contribution in [3.05, 3.63) is 36.5 Å². The Bertz CT molecular complexity index is 1640. The van der Waals surface area contributed by atoms with Crippen molar-refractivity contribution in [2.75, 3.05) is 19.8 Å². The second-order valence-electron chi connectivity index (χ2n) is 28.5. The molecule has 11 heteroatoms. The number of rotatable bonds is 73. The Hall–Kier alpha value is -2.12. The Balaban J connectivity index is 1.88. The molecule has 0 aromatic heterocycles. The van der Waals surface area contributed by atoms with Gasteiger partial charge in [0.15, 0.2) is 6.29 Å². The van der Waals surface area contributed by atoms with Gasteiger partial charge in [0.2, 0.25) is 5.91 Å². The van der Waals surface area contributed by atoms with Crippen molar-refractivity contribution in [2.24, 2.45) is 0 Å². The van der Waals surface area contributed by atoms with Crippen LogP contribution in [0.2, 0.25) is 0 Å². The summed E-state index contributed by atoms with van der Waals surface area (Å²) in [7, 11) is 0. The van der Waals surface area contributed by atoms with Crippen molar-refractivity contribution < 1.29 is 49.3 Å². The maximum atomic E-state index is 13.1. The zero-order valence-corrected chi connectivity index (χ0v) is 61.2. The van der Waals surface area contributed by atoms with E-state index in [-0.39, 0.29) is 18.5 Å². The summed E-state index contributed by atoms with van der Waals surface area (Å²) in [5.74, 6) is -0.167. The molecule has 548 valence electrons. The number of esters is 1. The number of hydrogen-bond acceptors (Lipinski definition) is 10. The van der Waals surface area contributed by atoms with Crippen molar-refractivity contribution in [2.45, 2.75) is 455 Å². The highest BCUT2D eigenvalue weighted by atomic mass is 16.7. The summed E-state index contributed by atoms with van der Waals surface area (Å²) < 4.78 is 16.8. The largest absolute Gasteiger partial charge is 0.466 e. The fraction of sp³-hybridized carbons (Fsp3) is 0.902. The van der Waals surface area contributed by atoms with E-state index in [1.807, 2.05) is 6.08 Å². The molecule has 6 N–H and O–H groups in total. The Labute approximate surface area is 574 Å². The fourth-order valence-corrected chi connectivity index (χ4v) is 13.1. The molecule has 0 saturated carbocycles. The summed E-state index contributed by atoms with van der Waals surface area (Å²) in [6.07, 6.45) is 83.3. The van der Waals surface area contributed by atoms with E-state index in [0.29, 0.717) is 19.4 Å². The first kappa shape index (κ1) is 88.9. The summed E-state index contributed by atoms with van der Waals surface area (Å²) in [5.41, 5.74) is 0. The molecule has 7 atom stereocenters. The van der Waals surface area contributed by atoms with Gasteiger partial charge in [0.1, 0.15) is 24.4 Å². The van der Waals surface area contributed by atoms with E-state index in [1.165, 1.54) is 327 Å². The van der Waals surface area contributed by atoms with Crippen molar-refractivity contribution in [3.63, 3.8) is 0 Å². The second-order valence-corrected chi connectivity index (χ2v) is 28.5. The number of carbonyl (C=O) groups excluding carboxylic acids is 2. The first-order chi connectivity index (χ1) is 45.7. The number of aliphatic hydroxyl groups is 5. The van der Waals surface area contributed by atoms with Crippen LogP contribution in [0.15, 0.2) is 36.5 Å². The van der Waals surface area contributed by atoms with Gasteiger partial charge in [-0.1, -0.05) is 352 Å². The average Bonchev–Trinajstić information content (AvgIpc) is 0.981. The van der Waals surface area contributed by atoms with Gasteiger partial charge in [-0.25, -0.2) is 0 Å². The maximum absolute atomic E-state index is 13.1. The van der Waals surface area contributed by atoms with Crippen LogP contribution in [0.1, 0.15) is 412 Å². The van der Waals surface area contributed by atoms with Crippen LogP contribution in [0, 0.1) is 0 Å². The lowest BCUT2D eigenvalue weighted by atomic mass is 9.99. The highest BCUT2D eigenvalue weighted by Crippen LogP contribution is 2.24. The molecule has 1 aliphatic rings. The quantitative estimate of drug-likeness (QED) is 0.0195. The monoisotopic (exact) mass is 1310 g/mol. The molecule has 1 heterocycles. The molecule has 0 radical (unpaired) electrons. The van der Waals surface area contributed by atoms with Crippen LogP contribution in [0.5, 0.6) is 0 Å². The minimum absolute atomic E-state index is 0.00877. The number of nitrogens with one attached hydrogen (secondary N) is 1. The molecule has 1 amide bonds. The summed E-state index contributed by atoms with van der Waals surface area (Å²) >= 11 is 0. The molecule has 93 heavy (non-hydrogen) atoms. The van der Waals surface area contributed by atoms with Gasteiger partial charge in [0.05, 0.1) is 32.0 Å². The van der Waals surface area contributed by atoms with E-state index < -0.39 is 49.5 Å². The standard InChI is InChI=1S/C82H155NO10/c1-3-5-7-9-11-13-15-17-46-50-54-58-62-66-70-78(87)91-71-67-63-59-55-51-47-44-42-40-38-36-34-32-30-28-26-24-22-20-18-19-21-23-25-27-29-31-33-35-37-39-41-43-45-49-53-57-61-65-69-77(86)83-74(73-92-82-81(90)80(89)79(88)76(72-84)93-82)75(85)68-64-60-56-52-48-16-14-12-10-8-6-4-2/h15,17-19,64,68,74-76,79-82,84-85,88-90H,3-14,16,20-63,65-67,69-73H2,1-2H3,(H,83,86)/b17-15-,19-18-,68-64+. The number of hydrogen-bond donors (Lipinski definition) is 6. The maximum Gasteiger partial charge on any atom is 0.305 e. The van der Waals surface area contributed by atoms with Crippen LogP contribution in [0.4, 0.5) is 0 Å². The lowest BCUT2D eigenvalue weighted by Gasteiger charge is -2.40. The third-order valence-corrected chi connectivity index (χ3v) is 19.5. The molecule has 1 saturated heterocycles. The predicted octanol–water partition coefficient (Wildman–Crippen LogP) is 22.1. The van der Waals surface area contributed by atoms with Crippen molar-refractivity contribution >= 4 is 11.9 Å².